The third kappa shape index (κ3) is 4.62. The molecule has 2 aromatic carbocycles. The van der Waals surface area contributed by atoms with Crippen LogP contribution in [0.15, 0.2) is 42.5 Å². The largest absolute Gasteiger partial charge is 0.455 e. The third-order valence-corrected chi connectivity index (χ3v) is 4.95. The fraction of sp³-hybridized carbons (Fsp3) is 0.318. The van der Waals surface area contributed by atoms with Crippen molar-refractivity contribution in [1.29, 1.82) is 0 Å². The maximum Gasteiger partial charge on any atom is 0.311 e. The summed E-state index contributed by atoms with van der Waals surface area (Å²) in [6, 6.07) is 11.6. The van der Waals surface area contributed by atoms with Crippen LogP contribution in [0.25, 0.3) is 0 Å². The van der Waals surface area contributed by atoms with Crippen molar-refractivity contribution in [2.45, 2.75) is 26.7 Å². The fourth-order valence-electron chi connectivity index (χ4n) is 3.40. The van der Waals surface area contributed by atoms with Gasteiger partial charge in [-0.3, -0.25) is 14.4 Å². The lowest BCUT2D eigenvalue weighted by Crippen LogP contribution is -2.28. The molecule has 1 N–H and O–H groups in total. The summed E-state index contributed by atoms with van der Waals surface area (Å²) in [6.45, 7) is 3.46. The molecule has 1 aliphatic rings. The van der Waals surface area contributed by atoms with Gasteiger partial charge in [-0.05, 0) is 36.6 Å². The highest BCUT2D eigenvalue weighted by atomic mass is 19.1. The van der Waals surface area contributed by atoms with Crippen molar-refractivity contribution in [3.05, 3.63) is 59.4 Å². The Hall–Kier alpha value is -3.22. The molecule has 0 radical (unpaired) electrons. The van der Waals surface area contributed by atoms with Crippen LogP contribution in [-0.2, 0) is 25.5 Å². The number of anilines is 2. The quantitative estimate of drug-likeness (QED) is 0.758. The van der Waals surface area contributed by atoms with Gasteiger partial charge in [0.25, 0.3) is 5.91 Å². The molecule has 0 aliphatic carbocycles. The van der Waals surface area contributed by atoms with E-state index < -0.39 is 30.2 Å². The molecule has 0 aromatic heterocycles. The van der Waals surface area contributed by atoms with Crippen LogP contribution < -0.4 is 10.2 Å². The second-order valence-corrected chi connectivity index (χ2v) is 6.98. The van der Waals surface area contributed by atoms with E-state index in [-0.39, 0.29) is 24.6 Å². The molecule has 1 saturated heterocycles. The van der Waals surface area contributed by atoms with Crippen molar-refractivity contribution in [1.82, 2.24) is 0 Å². The Kier molecular flexibility index (Phi) is 6.26. The lowest BCUT2D eigenvalue weighted by Gasteiger charge is -2.17. The van der Waals surface area contributed by atoms with Crippen molar-refractivity contribution < 1.29 is 23.5 Å². The van der Waals surface area contributed by atoms with Gasteiger partial charge in [0, 0.05) is 18.7 Å². The Balaban J connectivity index is 1.57. The highest BCUT2D eigenvalue weighted by Gasteiger charge is 2.37. The van der Waals surface area contributed by atoms with E-state index in [2.05, 4.69) is 5.32 Å². The minimum absolute atomic E-state index is 0.0258. The summed E-state index contributed by atoms with van der Waals surface area (Å²) in [4.78, 5) is 38.0. The Morgan fingerprint density at radius 3 is 2.69 bits per heavy atom. The minimum Gasteiger partial charge on any atom is -0.455 e. The number of nitrogens with one attached hydrogen (secondary N) is 1. The molecule has 152 valence electrons. The standard InChI is InChI=1S/C22H23FN2O4/c1-3-15-8-6-7-14(2)21(15)24-19(26)13-29-22(28)16-11-20(27)25(12-16)18-10-5-4-9-17(18)23/h4-10,16H,3,11-13H2,1-2H3,(H,24,26)/t16-/m1/s1. The van der Waals surface area contributed by atoms with Gasteiger partial charge in [-0.15, -0.1) is 0 Å². The molecule has 2 aromatic rings. The number of rotatable bonds is 6. The molecule has 3 rings (SSSR count). The van der Waals surface area contributed by atoms with Gasteiger partial charge in [0.05, 0.1) is 11.6 Å². The number of benzene rings is 2. The summed E-state index contributed by atoms with van der Waals surface area (Å²) < 4.78 is 19.0. The van der Waals surface area contributed by atoms with Crippen molar-refractivity contribution in [3.63, 3.8) is 0 Å². The summed E-state index contributed by atoms with van der Waals surface area (Å²) in [5.74, 6) is -2.71. The monoisotopic (exact) mass is 398 g/mol. The number of ether oxygens (including phenoxy) is 1. The van der Waals surface area contributed by atoms with E-state index in [1.54, 1.807) is 6.07 Å². The van der Waals surface area contributed by atoms with E-state index in [4.69, 9.17) is 4.74 Å². The second-order valence-electron chi connectivity index (χ2n) is 6.98. The van der Waals surface area contributed by atoms with Crippen molar-refractivity contribution in [2.75, 3.05) is 23.4 Å². The first-order valence-electron chi connectivity index (χ1n) is 9.50. The number of carbonyl (C=O) groups excluding carboxylic acids is 3. The fourth-order valence-corrected chi connectivity index (χ4v) is 3.40. The molecule has 6 nitrogen and oxygen atoms in total. The number of para-hydroxylation sites is 2. The molecule has 1 atom stereocenters. The summed E-state index contributed by atoms with van der Waals surface area (Å²) in [5.41, 5.74) is 2.77. The maximum absolute atomic E-state index is 13.9. The van der Waals surface area contributed by atoms with Crippen LogP contribution in [0.5, 0.6) is 0 Å². The van der Waals surface area contributed by atoms with Gasteiger partial charge in [0.1, 0.15) is 5.82 Å². The summed E-state index contributed by atoms with van der Waals surface area (Å²) >= 11 is 0. The number of hydrogen-bond acceptors (Lipinski definition) is 4. The molecule has 29 heavy (non-hydrogen) atoms. The number of aryl methyl sites for hydroxylation is 2. The van der Waals surface area contributed by atoms with Crippen LogP contribution in [0.1, 0.15) is 24.5 Å². The highest BCUT2D eigenvalue weighted by molar-refractivity contribution is 6.00. The summed E-state index contributed by atoms with van der Waals surface area (Å²) in [6.07, 6.45) is 0.680. The summed E-state index contributed by atoms with van der Waals surface area (Å²) in [5, 5.41) is 2.78. The van der Waals surface area contributed by atoms with Gasteiger partial charge in [-0.1, -0.05) is 37.3 Å². The minimum atomic E-state index is -0.737. The Bertz CT molecular complexity index is 944. The van der Waals surface area contributed by atoms with E-state index in [1.807, 2.05) is 32.0 Å². The van der Waals surface area contributed by atoms with E-state index in [9.17, 15) is 18.8 Å². The van der Waals surface area contributed by atoms with E-state index in [1.165, 1.54) is 23.1 Å². The first-order valence-corrected chi connectivity index (χ1v) is 9.50. The lowest BCUT2D eigenvalue weighted by atomic mass is 10.1. The Morgan fingerprint density at radius 1 is 1.21 bits per heavy atom. The zero-order valence-electron chi connectivity index (χ0n) is 16.4. The Morgan fingerprint density at radius 2 is 1.97 bits per heavy atom. The van der Waals surface area contributed by atoms with Gasteiger partial charge in [0.2, 0.25) is 5.91 Å². The van der Waals surface area contributed by atoms with Gasteiger partial charge in [0.15, 0.2) is 6.61 Å². The van der Waals surface area contributed by atoms with E-state index >= 15 is 0 Å². The second kappa shape index (κ2) is 8.86. The van der Waals surface area contributed by atoms with Crippen molar-refractivity contribution in [2.24, 2.45) is 5.92 Å². The maximum atomic E-state index is 13.9. The number of hydrogen-bond donors (Lipinski definition) is 1. The average molecular weight is 398 g/mol. The molecular weight excluding hydrogens is 375 g/mol. The van der Waals surface area contributed by atoms with Gasteiger partial charge in [-0.25, -0.2) is 4.39 Å². The predicted octanol–water partition coefficient (Wildman–Crippen LogP) is 3.23. The predicted molar refractivity (Wildman–Crippen MR) is 107 cm³/mol. The Labute approximate surface area is 168 Å². The third-order valence-electron chi connectivity index (χ3n) is 4.95. The number of carbonyl (C=O) groups is 3. The molecule has 1 heterocycles. The van der Waals surface area contributed by atoms with E-state index in [0.29, 0.717) is 0 Å². The van der Waals surface area contributed by atoms with Crippen LogP contribution in [0, 0.1) is 18.7 Å². The summed E-state index contributed by atoms with van der Waals surface area (Å²) in [7, 11) is 0. The molecule has 2 amide bonds. The number of nitrogens with zero attached hydrogens (tertiary/aromatic N) is 1. The van der Waals surface area contributed by atoms with Gasteiger partial charge < -0.3 is 15.0 Å². The van der Waals surface area contributed by atoms with Crippen LogP contribution in [0.3, 0.4) is 0 Å². The zero-order chi connectivity index (χ0) is 21.0. The number of halogens is 1. The number of amides is 2. The van der Waals surface area contributed by atoms with E-state index in [0.717, 1.165) is 23.2 Å². The molecular formula is C22H23FN2O4. The molecule has 0 unspecified atom stereocenters. The molecule has 1 fully saturated rings. The van der Waals surface area contributed by atoms with Crippen molar-refractivity contribution >= 4 is 29.2 Å². The van der Waals surface area contributed by atoms with Crippen LogP contribution in [0.2, 0.25) is 0 Å². The first kappa shape index (κ1) is 20.5. The smallest absolute Gasteiger partial charge is 0.311 e. The molecule has 1 aliphatic heterocycles. The highest BCUT2D eigenvalue weighted by Crippen LogP contribution is 2.28. The molecule has 0 bridgehead atoms. The van der Waals surface area contributed by atoms with Crippen LogP contribution in [0.4, 0.5) is 15.8 Å². The van der Waals surface area contributed by atoms with Gasteiger partial charge >= 0.3 is 5.97 Å². The lowest BCUT2D eigenvalue weighted by molar-refractivity contribution is -0.151. The molecule has 7 heteroatoms. The van der Waals surface area contributed by atoms with Crippen LogP contribution in [-0.4, -0.2) is 30.9 Å². The normalized spacial score (nSPS) is 16.0. The SMILES string of the molecule is CCc1cccc(C)c1NC(=O)COC(=O)[C@@H]1CC(=O)N(c2ccccc2F)C1. The van der Waals surface area contributed by atoms with Gasteiger partial charge in [-0.2, -0.15) is 0 Å². The first-order chi connectivity index (χ1) is 13.9. The van der Waals surface area contributed by atoms with Crippen molar-refractivity contribution in [3.8, 4) is 0 Å². The topological polar surface area (TPSA) is 75.7 Å². The molecule has 0 spiro atoms. The zero-order valence-corrected chi connectivity index (χ0v) is 16.4. The molecule has 0 saturated carbocycles. The number of esters is 1. The average Bonchev–Trinajstić information content (AvgIpc) is 3.09. The van der Waals surface area contributed by atoms with Crippen LogP contribution >= 0.6 is 0 Å².